The molecule has 0 unspecified atom stereocenters. The van der Waals surface area contributed by atoms with E-state index in [1.807, 2.05) is 47.9 Å². The van der Waals surface area contributed by atoms with Crippen molar-refractivity contribution < 1.29 is 4.79 Å². The fourth-order valence-electron chi connectivity index (χ4n) is 1.83. The minimum atomic E-state index is 0.174. The third-order valence-corrected chi connectivity index (χ3v) is 4.61. The topological polar surface area (TPSA) is 17.1 Å². The van der Waals surface area contributed by atoms with Crippen LogP contribution in [0.15, 0.2) is 52.2 Å². The first-order chi connectivity index (χ1) is 8.34. The zero-order valence-corrected chi connectivity index (χ0v) is 10.7. The van der Waals surface area contributed by atoms with Crippen molar-refractivity contribution in [3.8, 4) is 0 Å². The van der Waals surface area contributed by atoms with Gasteiger partial charge in [-0.3, -0.25) is 4.79 Å². The van der Waals surface area contributed by atoms with Gasteiger partial charge in [0, 0.05) is 26.7 Å². The summed E-state index contributed by atoms with van der Waals surface area (Å²) in [5.41, 5.74) is 1.74. The van der Waals surface area contributed by atoms with E-state index in [0.717, 1.165) is 26.7 Å². The maximum atomic E-state index is 12.3. The van der Waals surface area contributed by atoms with Crippen molar-refractivity contribution in [1.82, 2.24) is 0 Å². The number of thiophene rings is 1. The Bertz CT molecular complexity index is 582. The number of carbonyl (C=O) groups is 1. The Morgan fingerprint density at radius 2 is 2.00 bits per heavy atom. The summed E-state index contributed by atoms with van der Waals surface area (Å²) < 4.78 is 0. The van der Waals surface area contributed by atoms with Gasteiger partial charge in [0.15, 0.2) is 5.78 Å². The lowest BCUT2D eigenvalue weighted by atomic mass is 10.0. The molecule has 0 fully saturated rings. The van der Waals surface area contributed by atoms with Crippen molar-refractivity contribution in [2.75, 3.05) is 5.75 Å². The van der Waals surface area contributed by atoms with Crippen LogP contribution < -0.4 is 0 Å². The van der Waals surface area contributed by atoms with Crippen LogP contribution in [0.25, 0.3) is 6.08 Å². The molecule has 1 aliphatic rings. The first kappa shape index (κ1) is 10.8. The van der Waals surface area contributed by atoms with E-state index in [0.29, 0.717) is 0 Å². The summed E-state index contributed by atoms with van der Waals surface area (Å²) >= 11 is 3.40. The van der Waals surface area contributed by atoms with Gasteiger partial charge in [-0.1, -0.05) is 18.2 Å². The molecule has 0 saturated carbocycles. The Balaban J connectivity index is 2.00. The van der Waals surface area contributed by atoms with Crippen LogP contribution >= 0.6 is 23.1 Å². The number of carbonyl (C=O) groups excluding carboxylic acids is 1. The predicted molar refractivity (Wildman–Crippen MR) is 73.8 cm³/mol. The maximum absolute atomic E-state index is 12.3. The molecule has 0 atom stereocenters. The number of hydrogen-bond acceptors (Lipinski definition) is 3. The highest BCUT2D eigenvalue weighted by molar-refractivity contribution is 7.99. The maximum Gasteiger partial charge on any atom is 0.191 e. The van der Waals surface area contributed by atoms with Gasteiger partial charge in [0.05, 0.1) is 0 Å². The Labute approximate surface area is 108 Å². The molecule has 1 aliphatic heterocycles. The van der Waals surface area contributed by atoms with E-state index in [4.69, 9.17) is 0 Å². The SMILES string of the molecule is O=C1C(=Cc2cccs2)CSc2ccccc21. The van der Waals surface area contributed by atoms with Crippen molar-refractivity contribution in [3.63, 3.8) is 0 Å². The second kappa shape index (κ2) is 4.51. The number of rotatable bonds is 1. The molecule has 0 saturated heterocycles. The Hall–Kier alpha value is -1.32. The molecule has 1 aromatic carbocycles. The van der Waals surface area contributed by atoms with Crippen molar-refractivity contribution in [2.45, 2.75) is 4.90 Å². The molecule has 17 heavy (non-hydrogen) atoms. The average Bonchev–Trinajstić information content (AvgIpc) is 2.86. The molecule has 0 aliphatic carbocycles. The third-order valence-electron chi connectivity index (χ3n) is 2.67. The molecule has 0 spiro atoms. The number of ketones is 1. The highest BCUT2D eigenvalue weighted by Gasteiger charge is 2.21. The lowest BCUT2D eigenvalue weighted by Gasteiger charge is -2.16. The molecular formula is C14H10OS2. The summed E-state index contributed by atoms with van der Waals surface area (Å²) in [4.78, 5) is 14.5. The largest absolute Gasteiger partial charge is 0.289 e. The van der Waals surface area contributed by atoms with Crippen molar-refractivity contribution in [3.05, 3.63) is 57.8 Å². The van der Waals surface area contributed by atoms with Gasteiger partial charge in [-0.15, -0.1) is 23.1 Å². The first-order valence-electron chi connectivity index (χ1n) is 5.35. The number of thioether (sulfide) groups is 1. The van der Waals surface area contributed by atoms with Crippen LogP contribution in [-0.2, 0) is 0 Å². The van der Waals surface area contributed by atoms with Crippen LogP contribution in [0.1, 0.15) is 15.2 Å². The molecule has 3 heteroatoms. The van der Waals surface area contributed by atoms with Crippen LogP contribution in [0.5, 0.6) is 0 Å². The smallest absolute Gasteiger partial charge is 0.191 e. The van der Waals surface area contributed by atoms with E-state index in [1.54, 1.807) is 23.1 Å². The fraction of sp³-hybridized carbons (Fsp3) is 0.0714. The van der Waals surface area contributed by atoms with Gasteiger partial charge < -0.3 is 0 Å². The van der Waals surface area contributed by atoms with Crippen LogP contribution in [-0.4, -0.2) is 11.5 Å². The lowest BCUT2D eigenvalue weighted by molar-refractivity contribution is 0.103. The van der Waals surface area contributed by atoms with E-state index >= 15 is 0 Å². The summed E-state index contributed by atoms with van der Waals surface area (Å²) in [6.07, 6.45) is 2.01. The van der Waals surface area contributed by atoms with E-state index in [1.165, 1.54) is 0 Å². The third kappa shape index (κ3) is 2.08. The zero-order chi connectivity index (χ0) is 11.7. The van der Waals surface area contributed by atoms with Crippen molar-refractivity contribution >= 4 is 35.0 Å². The van der Waals surface area contributed by atoms with E-state index < -0.39 is 0 Å². The average molecular weight is 258 g/mol. The van der Waals surface area contributed by atoms with Gasteiger partial charge in [0.2, 0.25) is 0 Å². The normalized spacial score (nSPS) is 17.2. The van der Waals surface area contributed by atoms with Gasteiger partial charge in [-0.05, 0) is 29.7 Å². The Morgan fingerprint density at radius 1 is 1.12 bits per heavy atom. The number of hydrogen-bond donors (Lipinski definition) is 0. The number of fused-ring (bicyclic) bond motifs is 1. The van der Waals surface area contributed by atoms with Crippen LogP contribution in [0.4, 0.5) is 0 Å². The minimum Gasteiger partial charge on any atom is -0.289 e. The van der Waals surface area contributed by atoms with Gasteiger partial charge in [0.25, 0.3) is 0 Å². The first-order valence-corrected chi connectivity index (χ1v) is 7.22. The zero-order valence-electron chi connectivity index (χ0n) is 9.05. The molecule has 2 heterocycles. The van der Waals surface area contributed by atoms with E-state index in [2.05, 4.69) is 0 Å². The summed E-state index contributed by atoms with van der Waals surface area (Å²) in [7, 11) is 0. The fourth-order valence-corrected chi connectivity index (χ4v) is 3.52. The molecule has 1 nitrogen and oxygen atoms in total. The molecule has 84 valence electrons. The standard InChI is InChI=1S/C14H10OS2/c15-14-10(8-11-4-3-7-16-11)9-17-13-6-2-1-5-12(13)14/h1-8H,9H2. The van der Waals surface area contributed by atoms with Crippen LogP contribution in [0.2, 0.25) is 0 Å². The molecule has 3 rings (SSSR count). The highest BCUT2D eigenvalue weighted by Crippen LogP contribution is 2.33. The molecule has 0 N–H and O–H groups in total. The van der Waals surface area contributed by atoms with Crippen LogP contribution in [0.3, 0.4) is 0 Å². The molecular weight excluding hydrogens is 248 g/mol. The summed E-state index contributed by atoms with van der Waals surface area (Å²) in [6.45, 7) is 0. The molecule has 2 aromatic rings. The lowest BCUT2D eigenvalue weighted by Crippen LogP contribution is -2.11. The van der Waals surface area contributed by atoms with Gasteiger partial charge in [0.1, 0.15) is 0 Å². The van der Waals surface area contributed by atoms with Gasteiger partial charge >= 0.3 is 0 Å². The second-order valence-electron chi connectivity index (χ2n) is 3.80. The Kier molecular flexibility index (Phi) is 2.87. The molecule has 0 bridgehead atoms. The van der Waals surface area contributed by atoms with E-state index in [-0.39, 0.29) is 5.78 Å². The summed E-state index contributed by atoms with van der Waals surface area (Å²) in [6, 6.07) is 11.9. The van der Waals surface area contributed by atoms with Gasteiger partial charge in [-0.25, -0.2) is 0 Å². The highest BCUT2D eigenvalue weighted by atomic mass is 32.2. The van der Waals surface area contributed by atoms with Crippen molar-refractivity contribution in [1.29, 1.82) is 0 Å². The quantitative estimate of drug-likeness (QED) is 0.716. The molecule has 0 amide bonds. The van der Waals surface area contributed by atoms with E-state index in [9.17, 15) is 4.79 Å². The minimum absolute atomic E-state index is 0.174. The number of benzene rings is 1. The second-order valence-corrected chi connectivity index (χ2v) is 5.80. The monoisotopic (exact) mass is 258 g/mol. The van der Waals surface area contributed by atoms with Gasteiger partial charge in [-0.2, -0.15) is 0 Å². The Morgan fingerprint density at radius 3 is 2.82 bits per heavy atom. The predicted octanol–water partition coefficient (Wildman–Crippen LogP) is 4.12. The summed E-state index contributed by atoms with van der Waals surface area (Å²) in [5.74, 6) is 0.945. The number of Topliss-reactive ketones (excluding diaryl/α,β-unsaturated/α-hetero) is 1. The van der Waals surface area contributed by atoms with Crippen molar-refractivity contribution in [2.24, 2.45) is 0 Å². The van der Waals surface area contributed by atoms with Crippen LogP contribution in [0, 0.1) is 0 Å². The molecule has 1 aromatic heterocycles. The summed E-state index contributed by atoms with van der Waals surface area (Å²) in [5, 5.41) is 2.03. The molecule has 0 radical (unpaired) electrons.